The standard InChI is InChI=1S/C24H39FN4O4S2/c1-15-26-12-18(34-15)14-29-22(30)20-11-19(35(32,33)27-24(2)9-10-24)7-8-21(20)28(23(29)31)13-16-3-5-17(25)6-4-16/h15-21,26-27H,3-14H2,1-2H3. The number of nitrogens with one attached hydrogen (secondary N) is 2. The number of nitrogens with zero attached hydrogens (tertiary/aromatic N) is 2. The second kappa shape index (κ2) is 9.76. The number of imide groups is 1. The molecule has 3 saturated carbocycles. The van der Waals surface area contributed by atoms with Gasteiger partial charge in [0.1, 0.15) is 6.17 Å². The summed E-state index contributed by atoms with van der Waals surface area (Å²) >= 11 is 1.72. The maximum atomic E-state index is 13.7. The van der Waals surface area contributed by atoms with Crippen LogP contribution in [-0.4, -0.2) is 83.4 Å². The minimum absolute atomic E-state index is 0.123. The molecule has 0 radical (unpaired) electrons. The summed E-state index contributed by atoms with van der Waals surface area (Å²) in [4.78, 5) is 30.6. The first kappa shape index (κ1) is 25.7. The van der Waals surface area contributed by atoms with Gasteiger partial charge in [0, 0.05) is 36.5 Å². The normalized spacial score (nSPS) is 39.6. The van der Waals surface area contributed by atoms with Crippen molar-refractivity contribution in [1.29, 1.82) is 0 Å². The molecule has 0 aromatic carbocycles. The van der Waals surface area contributed by atoms with E-state index in [4.69, 9.17) is 0 Å². The molecule has 3 aliphatic carbocycles. The van der Waals surface area contributed by atoms with E-state index in [1.165, 1.54) is 4.90 Å². The number of thioether (sulfide) groups is 1. The average molecular weight is 531 g/mol. The number of hydrogen-bond donors (Lipinski definition) is 2. The molecular formula is C24H39FN4O4S2. The second-order valence-corrected chi connectivity index (χ2v) is 15.2. The molecule has 0 aromatic heterocycles. The van der Waals surface area contributed by atoms with E-state index in [1.54, 1.807) is 11.8 Å². The van der Waals surface area contributed by atoms with Crippen LogP contribution in [0.4, 0.5) is 9.18 Å². The number of alkyl halides is 1. The Kier molecular flexibility index (Phi) is 7.17. The highest BCUT2D eigenvalue weighted by Crippen LogP contribution is 2.41. The molecule has 5 unspecified atom stereocenters. The molecule has 11 heteroatoms. The van der Waals surface area contributed by atoms with Gasteiger partial charge in [-0.1, -0.05) is 0 Å². The van der Waals surface area contributed by atoms with E-state index in [2.05, 4.69) is 17.0 Å². The summed E-state index contributed by atoms with van der Waals surface area (Å²) in [6, 6.07) is -0.519. The minimum Gasteiger partial charge on any atom is -0.320 e. The zero-order valence-corrected chi connectivity index (χ0v) is 22.4. The SMILES string of the molecule is CC1NCC(CN2C(=O)C3CC(S(=O)(=O)NC4(C)CC4)CCC3N(CC3CCC(F)CC3)C2=O)S1. The number of sulfonamides is 1. The van der Waals surface area contributed by atoms with Gasteiger partial charge in [-0.2, -0.15) is 0 Å². The molecule has 2 heterocycles. The highest BCUT2D eigenvalue weighted by molar-refractivity contribution is 8.00. The van der Waals surface area contributed by atoms with Crippen LogP contribution in [0.25, 0.3) is 0 Å². The maximum absolute atomic E-state index is 13.7. The fourth-order valence-corrected chi connectivity index (χ4v) is 9.46. The zero-order valence-electron chi connectivity index (χ0n) is 20.7. The summed E-state index contributed by atoms with van der Waals surface area (Å²) in [5, 5.41) is 3.13. The fourth-order valence-electron chi connectivity index (χ4n) is 6.30. The van der Waals surface area contributed by atoms with Gasteiger partial charge in [0.2, 0.25) is 15.9 Å². The van der Waals surface area contributed by atoms with Crippen molar-refractivity contribution < 1.29 is 22.4 Å². The van der Waals surface area contributed by atoms with Crippen LogP contribution >= 0.6 is 11.8 Å². The van der Waals surface area contributed by atoms with E-state index in [0.717, 1.165) is 32.2 Å². The third kappa shape index (κ3) is 5.52. The van der Waals surface area contributed by atoms with Crippen molar-refractivity contribution in [3.05, 3.63) is 0 Å². The Balaban J connectivity index is 1.35. The van der Waals surface area contributed by atoms with Gasteiger partial charge >= 0.3 is 6.03 Å². The van der Waals surface area contributed by atoms with E-state index >= 15 is 0 Å². The molecule has 35 heavy (non-hydrogen) atoms. The molecule has 0 aromatic rings. The summed E-state index contributed by atoms with van der Waals surface area (Å²) in [5.74, 6) is -0.507. The number of hydrogen-bond acceptors (Lipinski definition) is 6. The Bertz CT molecular complexity index is 938. The number of amides is 3. The minimum atomic E-state index is -3.54. The molecule has 2 aliphatic heterocycles. The van der Waals surface area contributed by atoms with Crippen molar-refractivity contribution in [2.75, 3.05) is 19.6 Å². The number of carbonyl (C=O) groups is 2. The Morgan fingerprint density at radius 3 is 2.46 bits per heavy atom. The first-order chi connectivity index (χ1) is 16.5. The van der Waals surface area contributed by atoms with Gasteiger partial charge in [-0.3, -0.25) is 9.69 Å². The van der Waals surface area contributed by atoms with Crippen LogP contribution in [0.2, 0.25) is 0 Å². The quantitative estimate of drug-likeness (QED) is 0.525. The van der Waals surface area contributed by atoms with Crippen LogP contribution in [0.15, 0.2) is 0 Å². The van der Waals surface area contributed by atoms with Crippen molar-refractivity contribution in [3.63, 3.8) is 0 Å². The largest absolute Gasteiger partial charge is 0.327 e. The molecule has 2 saturated heterocycles. The molecular weight excluding hydrogens is 491 g/mol. The molecule has 5 fully saturated rings. The first-order valence-electron chi connectivity index (χ1n) is 13.2. The maximum Gasteiger partial charge on any atom is 0.327 e. The van der Waals surface area contributed by atoms with Gasteiger partial charge in [-0.05, 0) is 77.6 Å². The lowest BCUT2D eigenvalue weighted by Crippen LogP contribution is -2.65. The van der Waals surface area contributed by atoms with Crippen molar-refractivity contribution in [2.24, 2.45) is 11.8 Å². The van der Waals surface area contributed by atoms with E-state index < -0.39 is 27.4 Å². The van der Waals surface area contributed by atoms with E-state index in [9.17, 15) is 22.4 Å². The number of halogens is 1. The summed E-state index contributed by atoms with van der Waals surface area (Å²) in [5.41, 5.74) is -0.348. The molecule has 0 spiro atoms. The van der Waals surface area contributed by atoms with Gasteiger partial charge in [0.15, 0.2) is 0 Å². The van der Waals surface area contributed by atoms with Crippen LogP contribution < -0.4 is 10.0 Å². The molecule has 3 amide bonds. The first-order valence-corrected chi connectivity index (χ1v) is 15.7. The van der Waals surface area contributed by atoms with Gasteiger partial charge in [0.25, 0.3) is 0 Å². The molecule has 0 bridgehead atoms. The lowest BCUT2D eigenvalue weighted by atomic mass is 9.79. The third-order valence-electron chi connectivity index (χ3n) is 8.70. The number of carbonyl (C=O) groups excluding carboxylic acids is 2. The van der Waals surface area contributed by atoms with E-state index in [-0.39, 0.29) is 46.5 Å². The molecule has 5 rings (SSSR count). The van der Waals surface area contributed by atoms with Crippen molar-refractivity contribution in [2.45, 2.75) is 105 Å². The van der Waals surface area contributed by atoms with Gasteiger partial charge in [-0.25, -0.2) is 22.3 Å². The summed E-state index contributed by atoms with van der Waals surface area (Å²) in [6.07, 6.45) is 4.66. The van der Waals surface area contributed by atoms with Crippen molar-refractivity contribution in [1.82, 2.24) is 19.8 Å². The lowest BCUT2D eigenvalue weighted by molar-refractivity contribution is -0.140. The zero-order chi connectivity index (χ0) is 25.0. The van der Waals surface area contributed by atoms with E-state index in [0.29, 0.717) is 38.8 Å². The average Bonchev–Trinajstić information content (AvgIpc) is 3.38. The Morgan fingerprint density at radius 1 is 1.11 bits per heavy atom. The van der Waals surface area contributed by atoms with Crippen molar-refractivity contribution >= 4 is 33.7 Å². The highest BCUT2D eigenvalue weighted by Gasteiger charge is 2.52. The third-order valence-corrected chi connectivity index (χ3v) is 12.1. The van der Waals surface area contributed by atoms with Gasteiger partial charge in [0.05, 0.1) is 16.5 Å². The number of fused-ring (bicyclic) bond motifs is 1. The van der Waals surface area contributed by atoms with Crippen molar-refractivity contribution in [3.8, 4) is 0 Å². The number of rotatable bonds is 7. The predicted molar refractivity (Wildman–Crippen MR) is 134 cm³/mol. The molecule has 198 valence electrons. The van der Waals surface area contributed by atoms with Crippen LogP contribution in [0.1, 0.15) is 71.6 Å². The van der Waals surface area contributed by atoms with E-state index in [1.807, 2.05) is 11.8 Å². The fraction of sp³-hybridized carbons (Fsp3) is 0.917. The second-order valence-electron chi connectivity index (χ2n) is 11.6. The Morgan fingerprint density at radius 2 is 1.83 bits per heavy atom. The monoisotopic (exact) mass is 530 g/mol. The highest BCUT2D eigenvalue weighted by atomic mass is 32.2. The van der Waals surface area contributed by atoms with Crippen LogP contribution in [0.3, 0.4) is 0 Å². The molecule has 5 aliphatic rings. The molecule has 2 N–H and O–H groups in total. The topological polar surface area (TPSA) is 98.8 Å². The Labute approximate surface area is 212 Å². The van der Waals surface area contributed by atoms with Crippen LogP contribution in [-0.2, 0) is 14.8 Å². The summed E-state index contributed by atoms with van der Waals surface area (Å²) in [6.45, 7) is 5.58. The number of urea groups is 1. The molecule has 5 atom stereocenters. The van der Waals surface area contributed by atoms with Gasteiger partial charge in [-0.15, -0.1) is 11.8 Å². The Hall–Kier alpha value is -0.910. The smallest absolute Gasteiger partial charge is 0.320 e. The summed E-state index contributed by atoms with van der Waals surface area (Å²) < 4.78 is 42.9. The predicted octanol–water partition coefficient (Wildman–Crippen LogP) is 2.84. The molecule has 8 nitrogen and oxygen atoms in total. The lowest BCUT2D eigenvalue weighted by Gasteiger charge is -2.49. The van der Waals surface area contributed by atoms with Gasteiger partial charge < -0.3 is 10.2 Å². The van der Waals surface area contributed by atoms with Crippen LogP contribution in [0.5, 0.6) is 0 Å². The summed E-state index contributed by atoms with van der Waals surface area (Å²) in [7, 11) is -3.54. The van der Waals surface area contributed by atoms with Crippen LogP contribution in [0, 0.1) is 11.8 Å².